The van der Waals surface area contributed by atoms with Crippen molar-refractivity contribution in [2.75, 3.05) is 27.3 Å². The molecule has 1 fully saturated rings. The quantitative estimate of drug-likeness (QED) is 0.730. The Morgan fingerprint density at radius 1 is 1.40 bits per heavy atom. The Hall–Kier alpha value is -0.490. The zero-order valence-electron chi connectivity index (χ0n) is 11.8. The van der Waals surface area contributed by atoms with Crippen molar-refractivity contribution in [2.45, 2.75) is 37.2 Å². The number of ether oxygens (including phenoxy) is 1. The molecule has 0 aromatic heterocycles. The van der Waals surface area contributed by atoms with E-state index in [1.165, 1.54) is 19.1 Å². The topological polar surface area (TPSA) is 29.5 Å². The van der Waals surface area contributed by atoms with E-state index >= 15 is 0 Å². The Morgan fingerprint density at radius 2 is 2.00 bits per heavy atom. The molecule has 118 valence electrons. The summed E-state index contributed by atoms with van der Waals surface area (Å²) in [6, 6.07) is 0. The van der Waals surface area contributed by atoms with Gasteiger partial charge in [0.05, 0.1) is 17.9 Å². The van der Waals surface area contributed by atoms with Crippen LogP contribution in [0.2, 0.25) is 0 Å². The largest absolute Gasteiger partial charge is 0.392 e. The lowest BCUT2D eigenvalue weighted by Gasteiger charge is -2.34. The predicted molar refractivity (Wildman–Crippen MR) is 70.7 cm³/mol. The standard InChI is InChI=1S/C13H21ClF3NO2/c1-18(7-9(14)8-20-2)12(19)10-5-3-4-6-11(10)13(15,16)17/h9-11H,3-8H2,1-2H3. The molecule has 0 aliphatic heterocycles. The van der Waals surface area contributed by atoms with Gasteiger partial charge in [0.1, 0.15) is 0 Å². The number of carbonyl (C=O) groups is 1. The van der Waals surface area contributed by atoms with Gasteiger partial charge >= 0.3 is 6.18 Å². The van der Waals surface area contributed by atoms with Crippen LogP contribution in [0, 0.1) is 11.8 Å². The molecule has 1 rings (SSSR count). The number of nitrogens with zero attached hydrogens (tertiary/aromatic N) is 1. The molecule has 1 aliphatic carbocycles. The lowest BCUT2D eigenvalue weighted by molar-refractivity contribution is -0.200. The Balaban J connectivity index is 2.67. The number of methoxy groups -OCH3 is 1. The van der Waals surface area contributed by atoms with Gasteiger partial charge in [-0.15, -0.1) is 11.6 Å². The minimum Gasteiger partial charge on any atom is -0.383 e. The zero-order valence-corrected chi connectivity index (χ0v) is 12.5. The van der Waals surface area contributed by atoms with Crippen molar-refractivity contribution in [1.82, 2.24) is 4.90 Å². The van der Waals surface area contributed by atoms with Crippen LogP contribution in [0.15, 0.2) is 0 Å². The maximum atomic E-state index is 13.0. The summed E-state index contributed by atoms with van der Waals surface area (Å²) < 4.78 is 43.8. The Labute approximate surface area is 122 Å². The number of hydrogen-bond donors (Lipinski definition) is 0. The van der Waals surface area contributed by atoms with Crippen LogP contribution in [0.4, 0.5) is 13.2 Å². The average molecular weight is 316 g/mol. The molecule has 0 aromatic carbocycles. The van der Waals surface area contributed by atoms with Gasteiger partial charge in [-0.1, -0.05) is 12.8 Å². The maximum absolute atomic E-state index is 13.0. The van der Waals surface area contributed by atoms with E-state index in [1.54, 1.807) is 0 Å². The molecule has 3 unspecified atom stereocenters. The molecule has 1 aliphatic rings. The van der Waals surface area contributed by atoms with Crippen LogP contribution < -0.4 is 0 Å². The molecule has 0 saturated heterocycles. The first kappa shape index (κ1) is 17.6. The molecule has 3 atom stereocenters. The van der Waals surface area contributed by atoms with E-state index in [4.69, 9.17) is 16.3 Å². The Kier molecular flexibility index (Phi) is 6.58. The Bertz CT molecular complexity index is 325. The first-order chi connectivity index (χ1) is 9.27. The molecule has 1 amide bonds. The van der Waals surface area contributed by atoms with Crippen LogP contribution >= 0.6 is 11.6 Å². The molecular formula is C13H21ClF3NO2. The lowest BCUT2D eigenvalue weighted by atomic mass is 9.78. The SMILES string of the molecule is COCC(Cl)CN(C)C(=O)C1CCCCC1C(F)(F)F. The summed E-state index contributed by atoms with van der Waals surface area (Å²) in [6.07, 6.45) is -2.78. The first-order valence-electron chi connectivity index (χ1n) is 6.72. The van der Waals surface area contributed by atoms with E-state index in [1.807, 2.05) is 0 Å². The summed E-state index contributed by atoms with van der Waals surface area (Å²) in [5, 5.41) is -0.415. The van der Waals surface area contributed by atoms with Gasteiger partial charge in [-0.2, -0.15) is 13.2 Å². The van der Waals surface area contributed by atoms with Crippen molar-refractivity contribution in [3.63, 3.8) is 0 Å². The summed E-state index contributed by atoms with van der Waals surface area (Å²) in [7, 11) is 2.98. The Morgan fingerprint density at radius 3 is 2.55 bits per heavy atom. The molecular weight excluding hydrogens is 295 g/mol. The van der Waals surface area contributed by atoms with E-state index in [0.717, 1.165) is 0 Å². The third-order valence-corrected chi connectivity index (χ3v) is 3.96. The highest BCUT2D eigenvalue weighted by Gasteiger charge is 2.48. The second-order valence-corrected chi connectivity index (χ2v) is 5.93. The van der Waals surface area contributed by atoms with Crippen LogP contribution in [0.25, 0.3) is 0 Å². The highest BCUT2D eigenvalue weighted by Crippen LogP contribution is 2.42. The molecule has 0 spiro atoms. The van der Waals surface area contributed by atoms with Crippen LogP contribution in [0.3, 0.4) is 0 Å². The van der Waals surface area contributed by atoms with E-state index in [0.29, 0.717) is 19.3 Å². The second-order valence-electron chi connectivity index (χ2n) is 5.31. The van der Waals surface area contributed by atoms with E-state index in [-0.39, 0.29) is 19.6 Å². The summed E-state index contributed by atoms with van der Waals surface area (Å²) in [5.41, 5.74) is 0. The minimum atomic E-state index is -4.31. The second kappa shape index (κ2) is 7.50. The van der Waals surface area contributed by atoms with Crippen LogP contribution in [-0.2, 0) is 9.53 Å². The van der Waals surface area contributed by atoms with Crippen molar-refractivity contribution in [3.8, 4) is 0 Å². The number of hydrogen-bond acceptors (Lipinski definition) is 2. The molecule has 0 radical (unpaired) electrons. The third-order valence-electron chi connectivity index (χ3n) is 3.70. The third kappa shape index (κ3) is 4.81. The predicted octanol–water partition coefficient (Wildman–Crippen LogP) is 3.07. The number of rotatable bonds is 5. The summed E-state index contributed by atoms with van der Waals surface area (Å²) in [5.74, 6) is -2.96. The van der Waals surface area contributed by atoms with Gasteiger partial charge in [0.2, 0.25) is 5.91 Å². The van der Waals surface area contributed by atoms with Crippen LogP contribution in [-0.4, -0.2) is 49.7 Å². The van der Waals surface area contributed by atoms with Crippen molar-refractivity contribution in [1.29, 1.82) is 0 Å². The van der Waals surface area contributed by atoms with Gasteiger partial charge in [-0.05, 0) is 12.8 Å². The molecule has 0 N–H and O–H groups in total. The van der Waals surface area contributed by atoms with Gasteiger partial charge in [0.25, 0.3) is 0 Å². The van der Waals surface area contributed by atoms with E-state index < -0.39 is 29.3 Å². The number of carbonyl (C=O) groups excluding carboxylic acids is 1. The highest BCUT2D eigenvalue weighted by atomic mass is 35.5. The summed E-state index contributed by atoms with van der Waals surface area (Å²) in [6.45, 7) is 0.446. The van der Waals surface area contributed by atoms with Gasteiger partial charge in [0, 0.05) is 26.6 Å². The molecule has 0 heterocycles. The van der Waals surface area contributed by atoms with Crippen LogP contribution in [0.5, 0.6) is 0 Å². The minimum absolute atomic E-state index is 0.0378. The number of alkyl halides is 4. The molecule has 3 nitrogen and oxygen atoms in total. The monoisotopic (exact) mass is 315 g/mol. The molecule has 7 heteroatoms. The zero-order chi connectivity index (χ0) is 15.3. The summed E-state index contributed by atoms with van der Waals surface area (Å²) in [4.78, 5) is 13.5. The van der Waals surface area contributed by atoms with Gasteiger partial charge in [-0.25, -0.2) is 0 Å². The van der Waals surface area contributed by atoms with Gasteiger partial charge in [-0.3, -0.25) is 4.79 Å². The van der Waals surface area contributed by atoms with E-state index in [2.05, 4.69) is 0 Å². The smallest absolute Gasteiger partial charge is 0.383 e. The van der Waals surface area contributed by atoms with Gasteiger partial charge < -0.3 is 9.64 Å². The number of halogens is 4. The van der Waals surface area contributed by atoms with Crippen molar-refractivity contribution >= 4 is 17.5 Å². The van der Waals surface area contributed by atoms with Crippen molar-refractivity contribution < 1.29 is 22.7 Å². The normalized spacial score (nSPS) is 25.3. The average Bonchev–Trinajstić information content (AvgIpc) is 2.37. The van der Waals surface area contributed by atoms with Crippen molar-refractivity contribution in [2.24, 2.45) is 11.8 Å². The van der Waals surface area contributed by atoms with E-state index in [9.17, 15) is 18.0 Å². The fraction of sp³-hybridized carbons (Fsp3) is 0.923. The van der Waals surface area contributed by atoms with Gasteiger partial charge in [0.15, 0.2) is 0 Å². The molecule has 0 bridgehead atoms. The lowest BCUT2D eigenvalue weighted by Crippen LogP contribution is -2.45. The fourth-order valence-electron chi connectivity index (χ4n) is 2.72. The van der Waals surface area contributed by atoms with Crippen molar-refractivity contribution in [3.05, 3.63) is 0 Å². The highest BCUT2D eigenvalue weighted by molar-refractivity contribution is 6.21. The molecule has 20 heavy (non-hydrogen) atoms. The fourth-order valence-corrected chi connectivity index (χ4v) is 3.06. The molecule has 1 saturated carbocycles. The number of amides is 1. The maximum Gasteiger partial charge on any atom is 0.392 e. The summed E-state index contributed by atoms with van der Waals surface area (Å²) >= 11 is 5.94. The molecule has 0 aromatic rings. The first-order valence-corrected chi connectivity index (χ1v) is 7.15. The van der Waals surface area contributed by atoms with Crippen LogP contribution in [0.1, 0.15) is 25.7 Å².